The van der Waals surface area contributed by atoms with Crippen molar-refractivity contribution in [3.63, 3.8) is 0 Å². The van der Waals surface area contributed by atoms with Gasteiger partial charge in [-0.15, -0.1) is 6.42 Å². The van der Waals surface area contributed by atoms with E-state index in [4.69, 9.17) is 6.42 Å². The molecule has 2 heterocycles. The highest BCUT2D eigenvalue weighted by Crippen LogP contribution is 2.26. The van der Waals surface area contributed by atoms with Crippen LogP contribution in [0.2, 0.25) is 0 Å². The molecule has 3 aromatic rings. The molecule has 2 amide bonds. The van der Waals surface area contributed by atoms with Crippen molar-refractivity contribution in [3.05, 3.63) is 54.4 Å². The fraction of sp³-hybridized carbons (Fsp3) is 0.292. The minimum absolute atomic E-state index is 0.218. The van der Waals surface area contributed by atoms with Crippen LogP contribution < -0.4 is 16.0 Å². The molecule has 3 N–H and O–H groups in total. The number of carbonyl (C=O) groups excluding carboxylic acids is 1. The number of terminal acetylenes is 1. The van der Waals surface area contributed by atoms with E-state index in [2.05, 4.69) is 36.7 Å². The van der Waals surface area contributed by atoms with E-state index in [0.29, 0.717) is 18.1 Å². The Hall–Kier alpha value is -3.63. The van der Waals surface area contributed by atoms with Crippen LogP contribution in [0.3, 0.4) is 0 Å². The summed E-state index contributed by atoms with van der Waals surface area (Å²) in [5, 5.41) is 9.94. The van der Waals surface area contributed by atoms with Gasteiger partial charge in [-0.05, 0) is 62.3 Å². The van der Waals surface area contributed by atoms with E-state index in [-0.39, 0.29) is 6.03 Å². The van der Waals surface area contributed by atoms with Crippen LogP contribution in [0.4, 0.5) is 22.0 Å². The number of carbonyl (C=O) groups is 1. The van der Waals surface area contributed by atoms with Crippen molar-refractivity contribution in [2.75, 3.05) is 36.8 Å². The highest BCUT2D eigenvalue weighted by Gasteiger charge is 2.11. The quantitative estimate of drug-likeness (QED) is 0.532. The lowest BCUT2D eigenvalue weighted by atomic mass is 10.1. The number of nitrogens with zero attached hydrogens (tertiary/aromatic N) is 3. The van der Waals surface area contributed by atoms with Crippen LogP contribution in [0.1, 0.15) is 24.8 Å². The minimum Gasteiger partial charge on any atom is -0.340 e. The van der Waals surface area contributed by atoms with Gasteiger partial charge in [-0.2, -0.15) is 0 Å². The molecule has 4 rings (SSSR count). The summed E-state index contributed by atoms with van der Waals surface area (Å²) in [6.07, 6.45) is 10.8. The molecule has 1 aliphatic rings. The van der Waals surface area contributed by atoms with Gasteiger partial charge in [-0.25, -0.2) is 14.8 Å². The van der Waals surface area contributed by atoms with Gasteiger partial charge < -0.3 is 20.9 Å². The maximum Gasteiger partial charge on any atom is 0.319 e. The average molecular weight is 415 g/mol. The molecule has 0 radical (unpaired) electrons. The van der Waals surface area contributed by atoms with Crippen LogP contribution in [0, 0.1) is 12.3 Å². The van der Waals surface area contributed by atoms with Gasteiger partial charge in [0.1, 0.15) is 12.1 Å². The van der Waals surface area contributed by atoms with E-state index in [1.165, 1.54) is 25.6 Å². The summed E-state index contributed by atoms with van der Waals surface area (Å²) < 4.78 is 0. The number of aromatic nitrogens is 2. The zero-order chi connectivity index (χ0) is 21.5. The first-order valence-electron chi connectivity index (χ1n) is 10.6. The van der Waals surface area contributed by atoms with Gasteiger partial charge in [0.25, 0.3) is 0 Å². The molecule has 7 nitrogen and oxygen atoms in total. The third kappa shape index (κ3) is 5.50. The van der Waals surface area contributed by atoms with Gasteiger partial charge in [0, 0.05) is 35.4 Å². The Kier molecular flexibility index (Phi) is 6.60. The predicted octanol–water partition coefficient (Wildman–Crippen LogP) is 3.96. The summed E-state index contributed by atoms with van der Waals surface area (Å²) in [7, 11) is 0. The number of fused-ring (bicyclic) bond motifs is 1. The number of amides is 2. The van der Waals surface area contributed by atoms with Gasteiger partial charge >= 0.3 is 6.03 Å². The van der Waals surface area contributed by atoms with Crippen molar-refractivity contribution in [1.29, 1.82) is 0 Å². The molecule has 1 aromatic heterocycles. The van der Waals surface area contributed by atoms with E-state index in [1.807, 2.05) is 42.5 Å². The molecule has 31 heavy (non-hydrogen) atoms. The Labute approximate surface area is 182 Å². The Balaban J connectivity index is 1.42. The highest BCUT2D eigenvalue weighted by atomic mass is 16.2. The highest BCUT2D eigenvalue weighted by molar-refractivity contribution is 5.96. The Morgan fingerprint density at radius 1 is 1.06 bits per heavy atom. The number of rotatable bonds is 6. The third-order valence-electron chi connectivity index (χ3n) is 5.35. The summed E-state index contributed by atoms with van der Waals surface area (Å²) in [5.41, 5.74) is 3.08. The number of hydrogen-bond donors (Lipinski definition) is 3. The molecule has 1 saturated heterocycles. The topological polar surface area (TPSA) is 82.2 Å². The lowest BCUT2D eigenvalue weighted by Gasteiger charge is -2.26. The summed E-state index contributed by atoms with van der Waals surface area (Å²) in [6.45, 7) is 3.74. The molecule has 158 valence electrons. The van der Waals surface area contributed by atoms with Crippen LogP contribution in [-0.2, 0) is 0 Å². The van der Waals surface area contributed by atoms with Gasteiger partial charge in [-0.1, -0.05) is 18.4 Å². The van der Waals surface area contributed by atoms with E-state index >= 15 is 0 Å². The normalized spacial score (nSPS) is 14.0. The second-order valence-corrected chi connectivity index (χ2v) is 7.59. The molecule has 1 aliphatic heterocycles. The predicted molar refractivity (Wildman–Crippen MR) is 125 cm³/mol. The van der Waals surface area contributed by atoms with Crippen molar-refractivity contribution in [3.8, 4) is 12.3 Å². The Bertz CT molecular complexity index is 1100. The first-order chi connectivity index (χ1) is 15.2. The number of anilines is 3. The molecule has 1 fully saturated rings. The number of likely N-dealkylation sites (tertiary alicyclic amines) is 1. The van der Waals surface area contributed by atoms with Crippen LogP contribution in [0.15, 0.2) is 48.8 Å². The zero-order valence-electron chi connectivity index (χ0n) is 17.4. The lowest BCUT2D eigenvalue weighted by Crippen LogP contribution is -2.39. The molecule has 0 atom stereocenters. The smallest absolute Gasteiger partial charge is 0.319 e. The maximum atomic E-state index is 12.3. The minimum atomic E-state index is -0.218. The largest absolute Gasteiger partial charge is 0.340 e. The number of hydrogen-bond acceptors (Lipinski definition) is 5. The molecule has 0 saturated carbocycles. The van der Waals surface area contributed by atoms with Crippen molar-refractivity contribution in [2.45, 2.75) is 19.3 Å². The van der Waals surface area contributed by atoms with Gasteiger partial charge in [0.15, 0.2) is 0 Å². The fourth-order valence-corrected chi connectivity index (χ4v) is 3.74. The monoisotopic (exact) mass is 414 g/mol. The summed E-state index contributed by atoms with van der Waals surface area (Å²) in [6, 6.07) is 12.9. The van der Waals surface area contributed by atoms with Crippen LogP contribution >= 0.6 is 0 Å². The number of piperidine rings is 1. The summed E-state index contributed by atoms with van der Waals surface area (Å²) in [5.74, 6) is 3.27. The van der Waals surface area contributed by atoms with Crippen molar-refractivity contribution in [2.24, 2.45) is 0 Å². The van der Waals surface area contributed by atoms with Crippen LogP contribution in [-0.4, -0.2) is 47.1 Å². The number of nitrogens with one attached hydrogen (secondary N) is 3. The fourth-order valence-electron chi connectivity index (χ4n) is 3.74. The van der Waals surface area contributed by atoms with Gasteiger partial charge in [0.05, 0.1) is 5.52 Å². The molecule has 0 spiro atoms. The van der Waals surface area contributed by atoms with E-state index in [1.54, 1.807) is 0 Å². The average Bonchev–Trinajstić information content (AvgIpc) is 2.80. The second-order valence-electron chi connectivity index (χ2n) is 7.59. The Morgan fingerprint density at radius 2 is 1.94 bits per heavy atom. The van der Waals surface area contributed by atoms with Crippen molar-refractivity contribution >= 4 is 34.1 Å². The molecular weight excluding hydrogens is 388 g/mol. The zero-order valence-corrected chi connectivity index (χ0v) is 17.4. The molecule has 7 heteroatoms. The van der Waals surface area contributed by atoms with Gasteiger partial charge in [-0.3, -0.25) is 0 Å². The standard InChI is InChI=1S/C24H26N6O/c1-2-18-7-6-8-19(15-18)28-23-21-16-20(9-10-22(21)26-17-27-23)29-24(31)25-11-14-30-12-4-3-5-13-30/h1,6-10,15-17H,3-5,11-14H2,(H2,25,29,31)(H,26,27,28). The molecule has 0 aliphatic carbocycles. The Morgan fingerprint density at radius 3 is 2.77 bits per heavy atom. The molecule has 0 bridgehead atoms. The van der Waals surface area contributed by atoms with Gasteiger partial charge in [0.2, 0.25) is 0 Å². The van der Waals surface area contributed by atoms with Crippen molar-refractivity contribution in [1.82, 2.24) is 20.2 Å². The maximum absolute atomic E-state index is 12.3. The van der Waals surface area contributed by atoms with E-state index in [0.717, 1.165) is 41.8 Å². The lowest BCUT2D eigenvalue weighted by molar-refractivity contribution is 0.224. The van der Waals surface area contributed by atoms with E-state index < -0.39 is 0 Å². The number of urea groups is 1. The first-order valence-corrected chi connectivity index (χ1v) is 10.6. The third-order valence-corrected chi connectivity index (χ3v) is 5.35. The summed E-state index contributed by atoms with van der Waals surface area (Å²) >= 11 is 0. The molecular formula is C24H26N6O. The number of benzene rings is 2. The van der Waals surface area contributed by atoms with E-state index in [9.17, 15) is 4.79 Å². The SMILES string of the molecule is C#Cc1cccc(Nc2ncnc3ccc(NC(=O)NCCN4CCCCC4)cc23)c1. The molecule has 2 aromatic carbocycles. The molecule has 0 unspecified atom stereocenters. The van der Waals surface area contributed by atoms with Crippen molar-refractivity contribution < 1.29 is 4.79 Å². The van der Waals surface area contributed by atoms with Crippen LogP contribution in [0.25, 0.3) is 10.9 Å². The first kappa shape index (κ1) is 20.6. The second kappa shape index (κ2) is 9.92. The van der Waals surface area contributed by atoms with Crippen LogP contribution in [0.5, 0.6) is 0 Å². The summed E-state index contributed by atoms with van der Waals surface area (Å²) in [4.78, 5) is 23.4.